The van der Waals surface area contributed by atoms with Gasteiger partial charge in [-0.25, -0.2) is 0 Å². The van der Waals surface area contributed by atoms with E-state index in [2.05, 4.69) is 64.1 Å². The van der Waals surface area contributed by atoms with Gasteiger partial charge in [0.2, 0.25) is 0 Å². The first kappa shape index (κ1) is 15.6. The van der Waals surface area contributed by atoms with Gasteiger partial charge in [0, 0.05) is 0 Å². The molecule has 0 bridgehead atoms. The molecule has 0 amide bonds. The SMILES string of the molecule is COc1ccccc1C(C)Cc1ccccc1C(C)(C)C. The highest BCUT2D eigenvalue weighted by molar-refractivity contribution is 5.39. The predicted molar refractivity (Wildman–Crippen MR) is 90.3 cm³/mol. The molecule has 0 N–H and O–H groups in total. The highest BCUT2D eigenvalue weighted by Crippen LogP contribution is 2.32. The summed E-state index contributed by atoms with van der Waals surface area (Å²) in [6, 6.07) is 17.1. The van der Waals surface area contributed by atoms with Gasteiger partial charge < -0.3 is 4.74 Å². The fourth-order valence-corrected chi connectivity index (χ4v) is 2.94. The normalized spacial score (nSPS) is 13.0. The number of hydrogen-bond acceptors (Lipinski definition) is 1. The van der Waals surface area contributed by atoms with Crippen molar-refractivity contribution in [3.63, 3.8) is 0 Å². The fraction of sp³-hybridized carbons (Fsp3) is 0.400. The lowest BCUT2D eigenvalue weighted by Gasteiger charge is -2.25. The third-order valence-electron chi connectivity index (χ3n) is 4.02. The number of rotatable bonds is 4. The summed E-state index contributed by atoms with van der Waals surface area (Å²) in [4.78, 5) is 0. The molecular formula is C20H26O. The van der Waals surface area contributed by atoms with Crippen LogP contribution in [0.1, 0.15) is 50.3 Å². The molecule has 0 saturated carbocycles. The number of benzene rings is 2. The van der Waals surface area contributed by atoms with Crippen LogP contribution < -0.4 is 4.74 Å². The molecule has 112 valence electrons. The maximum Gasteiger partial charge on any atom is 0.122 e. The molecule has 1 heteroatoms. The van der Waals surface area contributed by atoms with Gasteiger partial charge in [0.05, 0.1) is 7.11 Å². The van der Waals surface area contributed by atoms with Gasteiger partial charge in [-0.05, 0) is 40.5 Å². The molecule has 1 atom stereocenters. The molecule has 2 aromatic carbocycles. The second-order valence-corrected chi connectivity index (χ2v) is 6.75. The second kappa shape index (κ2) is 6.34. The second-order valence-electron chi connectivity index (χ2n) is 6.75. The quantitative estimate of drug-likeness (QED) is 0.735. The van der Waals surface area contributed by atoms with Gasteiger partial charge >= 0.3 is 0 Å². The van der Waals surface area contributed by atoms with Crippen molar-refractivity contribution < 1.29 is 4.74 Å². The summed E-state index contributed by atoms with van der Waals surface area (Å²) in [7, 11) is 1.74. The Kier molecular flexibility index (Phi) is 4.72. The van der Waals surface area contributed by atoms with Crippen LogP contribution >= 0.6 is 0 Å². The smallest absolute Gasteiger partial charge is 0.122 e. The lowest BCUT2D eigenvalue weighted by Crippen LogP contribution is -2.15. The minimum atomic E-state index is 0.178. The zero-order chi connectivity index (χ0) is 15.5. The van der Waals surface area contributed by atoms with Gasteiger partial charge in [-0.3, -0.25) is 0 Å². The van der Waals surface area contributed by atoms with Gasteiger partial charge in [-0.2, -0.15) is 0 Å². The Morgan fingerprint density at radius 2 is 1.57 bits per heavy atom. The van der Waals surface area contributed by atoms with E-state index in [0.717, 1.165) is 12.2 Å². The average Bonchev–Trinajstić information content (AvgIpc) is 2.46. The minimum Gasteiger partial charge on any atom is -0.496 e. The van der Waals surface area contributed by atoms with Crippen molar-refractivity contribution in [3.05, 3.63) is 65.2 Å². The molecule has 0 fully saturated rings. The maximum atomic E-state index is 5.50. The van der Waals surface area contributed by atoms with E-state index >= 15 is 0 Å². The van der Waals surface area contributed by atoms with E-state index in [1.807, 2.05) is 12.1 Å². The third-order valence-corrected chi connectivity index (χ3v) is 4.02. The van der Waals surface area contributed by atoms with Gasteiger partial charge in [-0.1, -0.05) is 70.2 Å². The van der Waals surface area contributed by atoms with Gasteiger partial charge in [0.1, 0.15) is 5.75 Å². The number of ether oxygens (including phenoxy) is 1. The Morgan fingerprint density at radius 1 is 0.952 bits per heavy atom. The Morgan fingerprint density at radius 3 is 2.24 bits per heavy atom. The van der Waals surface area contributed by atoms with Crippen molar-refractivity contribution in [3.8, 4) is 5.75 Å². The summed E-state index contributed by atoms with van der Waals surface area (Å²) in [5.74, 6) is 1.42. The van der Waals surface area contributed by atoms with Crippen LogP contribution in [0.3, 0.4) is 0 Å². The molecule has 0 saturated heterocycles. The Balaban J connectivity index is 2.30. The van der Waals surface area contributed by atoms with Crippen molar-refractivity contribution in [2.24, 2.45) is 0 Å². The topological polar surface area (TPSA) is 9.23 Å². The molecule has 0 radical (unpaired) electrons. The standard InChI is InChI=1S/C20H26O/c1-15(17-11-7-9-13-19(17)21-5)14-16-10-6-8-12-18(16)20(2,3)4/h6-13,15H,14H2,1-5H3. The Hall–Kier alpha value is -1.76. The molecule has 21 heavy (non-hydrogen) atoms. The molecular weight excluding hydrogens is 256 g/mol. The Bertz CT molecular complexity index is 593. The van der Waals surface area contributed by atoms with Crippen LogP contribution in [0.5, 0.6) is 5.75 Å². The molecule has 0 aliphatic heterocycles. The largest absolute Gasteiger partial charge is 0.496 e. The molecule has 2 rings (SSSR count). The highest BCUT2D eigenvalue weighted by atomic mass is 16.5. The molecule has 0 aliphatic rings. The first-order valence-corrected chi connectivity index (χ1v) is 7.64. The highest BCUT2D eigenvalue weighted by Gasteiger charge is 2.19. The molecule has 1 unspecified atom stereocenters. The van der Waals surface area contributed by atoms with E-state index in [4.69, 9.17) is 4.74 Å². The number of methoxy groups -OCH3 is 1. The summed E-state index contributed by atoms with van der Waals surface area (Å²) in [6.45, 7) is 9.11. The Labute approximate surface area is 129 Å². The van der Waals surface area contributed by atoms with Crippen LogP contribution in [-0.4, -0.2) is 7.11 Å². The lowest BCUT2D eigenvalue weighted by molar-refractivity contribution is 0.406. The van der Waals surface area contributed by atoms with Crippen LogP contribution in [0, 0.1) is 0 Å². The van der Waals surface area contributed by atoms with Crippen LogP contribution in [-0.2, 0) is 11.8 Å². The van der Waals surface area contributed by atoms with Crippen LogP contribution in [0.15, 0.2) is 48.5 Å². The first-order valence-electron chi connectivity index (χ1n) is 7.64. The molecule has 0 aromatic heterocycles. The maximum absolute atomic E-state index is 5.50. The van der Waals surface area contributed by atoms with Gasteiger partial charge in [0.15, 0.2) is 0 Å². The van der Waals surface area contributed by atoms with E-state index in [9.17, 15) is 0 Å². The van der Waals surface area contributed by atoms with Gasteiger partial charge in [-0.15, -0.1) is 0 Å². The van der Waals surface area contributed by atoms with E-state index in [1.54, 1.807) is 7.11 Å². The summed E-state index contributed by atoms with van der Waals surface area (Å²) in [5, 5.41) is 0. The molecule has 0 aliphatic carbocycles. The van der Waals surface area contributed by atoms with Crippen LogP contribution in [0.4, 0.5) is 0 Å². The number of hydrogen-bond donors (Lipinski definition) is 0. The van der Waals surface area contributed by atoms with Gasteiger partial charge in [0.25, 0.3) is 0 Å². The molecule has 0 spiro atoms. The van der Waals surface area contributed by atoms with Crippen molar-refractivity contribution in [1.29, 1.82) is 0 Å². The fourth-order valence-electron chi connectivity index (χ4n) is 2.94. The summed E-state index contributed by atoms with van der Waals surface area (Å²) in [5.41, 5.74) is 4.33. The summed E-state index contributed by atoms with van der Waals surface area (Å²) >= 11 is 0. The van der Waals surface area contributed by atoms with E-state index in [1.165, 1.54) is 16.7 Å². The zero-order valence-corrected chi connectivity index (χ0v) is 13.8. The lowest BCUT2D eigenvalue weighted by atomic mass is 9.80. The minimum absolute atomic E-state index is 0.178. The summed E-state index contributed by atoms with van der Waals surface area (Å²) in [6.07, 6.45) is 1.04. The van der Waals surface area contributed by atoms with Crippen molar-refractivity contribution >= 4 is 0 Å². The van der Waals surface area contributed by atoms with Crippen LogP contribution in [0.25, 0.3) is 0 Å². The number of para-hydroxylation sites is 1. The third kappa shape index (κ3) is 3.66. The first-order chi connectivity index (χ1) is 9.93. The molecule has 2 aromatic rings. The molecule has 0 heterocycles. The van der Waals surface area contributed by atoms with Crippen molar-refractivity contribution in [1.82, 2.24) is 0 Å². The average molecular weight is 282 g/mol. The van der Waals surface area contributed by atoms with E-state index < -0.39 is 0 Å². The molecule has 1 nitrogen and oxygen atoms in total. The van der Waals surface area contributed by atoms with Crippen LogP contribution in [0.2, 0.25) is 0 Å². The summed E-state index contributed by atoms with van der Waals surface area (Å²) < 4.78 is 5.50. The zero-order valence-electron chi connectivity index (χ0n) is 13.8. The van der Waals surface area contributed by atoms with E-state index in [0.29, 0.717) is 5.92 Å². The van der Waals surface area contributed by atoms with E-state index in [-0.39, 0.29) is 5.41 Å². The monoisotopic (exact) mass is 282 g/mol. The van der Waals surface area contributed by atoms with Crippen molar-refractivity contribution in [2.75, 3.05) is 7.11 Å². The van der Waals surface area contributed by atoms with Crippen molar-refractivity contribution in [2.45, 2.75) is 45.4 Å². The predicted octanol–water partition coefficient (Wildman–Crippen LogP) is 5.34.